The number of carbonyl (C=O) groups is 3. The number of carboxylic acid groups (broad SMARTS) is 2. The summed E-state index contributed by atoms with van der Waals surface area (Å²) in [5.74, 6) is -2.53. The summed E-state index contributed by atoms with van der Waals surface area (Å²) in [5.41, 5.74) is -1.05. The zero-order valence-electron chi connectivity index (χ0n) is 23.5. The summed E-state index contributed by atoms with van der Waals surface area (Å²) in [6.45, 7) is 7.53. The highest BCUT2D eigenvalue weighted by Crippen LogP contribution is 2.46. The van der Waals surface area contributed by atoms with Crippen molar-refractivity contribution in [1.29, 1.82) is 5.26 Å². The SMILES string of the molecule is COC(=O)CCOCC(COCCC(=O)O)(COCCC(=O)O)COOP(OCCC#N)N(C(C)C)C(C)C. The molecule has 0 aliphatic rings. The highest BCUT2D eigenvalue weighted by atomic mass is 31.2. The maximum absolute atomic E-state index is 11.5. The molecule has 0 amide bonds. The average Bonchev–Trinajstić information content (AvgIpc) is 2.86. The molecule has 1 unspecified atom stereocenters. The number of hydrogen-bond donors (Lipinski definition) is 2. The highest BCUT2D eigenvalue weighted by molar-refractivity contribution is 7.44. The molecule has 0 radical (unpaired) electrons. The minimum atomic E-state index is -1.72. The first-order chi connectivity index (χ1) is 18.5. The molecule has 2 N–H and O–H groups in total. The Morgan fingerprint density at radius 1 is 0.846 bits per heavy atom. The zero-order valence-corrected chi connectivity index (χ0v) is 24.4. The molecular weight excluding hydrogens is 539 g/mol. The minimum Gasteiger partial charge on any atom is -0.481 e. The van der Waals surface area contributed by atoms with Crippen molar-refractivity contribution in [2.75, 3.05) is 60.0 Å². The Labute approximate surface area is 231 Å². The van der Waals surface area contributed by atoms with Crippen molar-refractivity contribution in [1.82, 2.24) is 4.67 Å². The fraction of sp³-hybridized carbons (Fsp3) is 0.833. The van der Waals surface area contributed by atoms with Gasteiger partial charge in [-0.25, -0.2) is 9.56 Å². The number of esters is 1. The molecule has 0 aliphatic carbocycles. The van der Waals surface area contributed by atoms with Crippen molar-refractivity contribution < 1.29 is 57.6 Å². The van der Waals surface area contributed by atoms with Crippen LogP contribution in [0.4, 0.5) is 0 Å². The topological polar surface area (TPSA) is 183 Å². The number of hydrogen-bond acceptors (Lipinski definition) is 12. The molecule has 0 saturated heterocycles. The molecule has 0 bridgehead atoms. The van der Waals surface area contributed by atoms with Gasteiger partial charge in [0.2, 0.25) is 0 Å². The van der Waals surface area contributed by atoms with Crippen LogP contribution in [0.3, 0.4) is 0 Å². The van der Waals surface area contributed by atoms with Crippen LogP contribution in [0.15, 0.2) is 0 Å². The summed E-state index contributed by atoms with van der Waals surface area (Å²) >= 11 is 0. The van der Waals surface area contributed by atoms with E-state index in [0.717, 1.165) is 0 Å². The lowest BCUT2D eigenvalue weighted by molar-refractivity contribution is -0.252. The standard InChI is InChI=1S/C24H43N2O12P/c1-19(2)26(20(3)4)39(37-11-6-10-25)38-36-18-24(15-33-12-7-21(27)28,16-34-13-8-22(29)30)17-35-14-9-23(31)32-5/h19-20H,6-9,11-18H2,1-5H3,(H,27,28)(H,29,30). The lowest BCUT2D eigenvalue weighted by Gasteiger charge is -2.36. The second-order valence-electron chi connectivity index (χ2n) is 9.15. The van der Waals surface area contributed by atoms with Crippen molar-refractivity contribution in [2.24, 2.45) is 5.41 Å². The Hall–Kier alpha value is -1.95. The first-order valence-corrected chi connectivity index (χ1v) is 13.7. The van der Waals surface area contributed by atoms with Gasteiger partial charge in [-0.2, -0.15) is 9.94 Å². The summed E-state index contributed by atoms with van der Waals surface area (Å²) in [5, 5.41) is 26.8. The third-order valence-corrected chi connectivity index (χ3v) is 6.90. The molecule has 39 heavy (non-hydrogen) atoms. The summed E-state index contributed by atoms with van der Waals surface area (Å²) in [6, 6.07) is 2.09. The van der Waals surface area contributed by atoms with E-state index in [-0.39, 0.29) is 90.6 Å². The van der Waals surface area contributed by atoms with E-state index in [1.807, 2.05) is 38.4 Å². The molecule has 0 aromatic heterocycles. The molecule has 226 valence electrons. The molecule has 0 aliphatic heterocycles. The summed E-state index contributed by atoms with van der Waals surface area (Å²) in [6.07, 6.45) is -0.295. The molecule has 1 atom stereocenters. The van der Waals surface area contributed by atoms with E-state index in [4.69, 9.17) is 43.8 Å². The minimum absolute atomic E-state index is 0.000546. The third-order valence-electron chi connectivity index (χ3n) is 4.97. The number of rotatable bonds is 25. The van der Waals surface area contributed by atoms with E-state index in [2.05, 4.69) is 4.74 Å². The number of carbonyl (C=O) groups excluding carboxylic acids is 1. The average molecular weight is 583 g/mol. The quantitative estimate of drug-likeness (QED) is 0.0526. The Bertz CT molecular complexity index is 717. The van der Waals surface area contributed by atoms with Crippen LogP contribution in [0.1, 0.15) is 53.4 Å². The van der Waals surface area contributed by atoms with Gasteiger partial charge in [0, 0.05) is 12.1 Å². The first-order valence-electron chi connectivity index (χ1n) is 12.6. The molecule has 0 fully saturated rings. The van der Waals surface area contributed by atoms with Crippen molar-refractivity contribution in [3.05, 3.63) is 0 Å². The Balaban J connectivity index is 5.65. The van der Waals surface area contributed by atoms with Crippen molar-refractivity contribution in [2.45, 2.75) is 65.5 Å². The fourth-order valence-electron chi connectivity index (χ4n) is 3.16. The maximum Gasteiger partial charge on any atom is 0.307 e. The largest absolute Gasteiger partial charge is 0.481 e. The first kappa shape index (κ1) is 37.0. The van der Waals surface area contributed by atoms with E-state index < -0.39 is 31.8 Å². The highest BCUT2D eigenvalue weighted by Gasteiger charge is 2.35. The molecule has 0 aromatic carbocycles. The van der Waals surface area contributed by atoms with Gasteiger partial charge in [0.05, 0.1) is 97.1 Å². The molecule has 0 aromatic rings. The number of aliphatic carboxylic acids is 2. The molecule has 14 nitrogen and oxygen atoms in total. The molecule has 15 heteroatoms. The second-order valence-corrected chi connectivity index (χ2v) is 10.5. The van der Waals surface area contributed by atoms with Crippen LogP contribution < -0.4 is 0 Å². The van der Waals surface area contributed by atoms with Gasteiger partial charge in [-0.1, -0.05) is 0 Å². The lowest BCUT2D eigenvalue weighted by atomic mass is 9.92. The van der Waals surface area contributed by atoms with E-state index in [0.29, 0.717) is 0 Å². The predicted molar refractivity (Wildman–Crippen MR) is 138 cm³/mol. The van der Waals surface area contributed by atoms with Gasteiger partial charge in [-0.3, -0.25) is 14.4 Å². The number of carboxylic acids is 2. The van der Waals surface area contributed by atoms with Gasteiger partial charge in [0.1, 0.15) is 0 Å². The fourth-order valence-corrected chi connectivity index (χ4v) is 4.56. The number of ether oxygens (including phenoxy) is 4. The van der Waals surface area contributed by atoms with Crippen LogP contribution in [-0.4, -0.2) is 105 Å². The second kappa shape index (κ2) is 21.8. The van der Waals surface area contributed by atoms with Gasteiger partial charge in [-0.15, -0.1) is 0 Å². The molecule has 0 rings (SSSR count). The molecule has 0 spiro atoms. The summed E-state index contributed by atoms with van der Waals surface area (Å²) < 4.78 is 35.0. The van der Waals surface area contributed by atoms with Crippen LogP contribution in [0.5, 0.6) is 0 Å². The predicted octanol–water partition coefficient (Wildman–Crippen LogP) is 2.76. The zero-order chi connectivity index (χ0) is 29.7. The van der Waals surface area contributed by atoms with Gasteiger partial charge in [-0.05, 0) is 27.7 Å². The van der Waals surface area contributed by atoms with Gasteiger partial charge >= 0.3 is 17.9 Å². The normalized spacial score (nSPS) is 12.6. The van der Waals surface area contributed by atoms with Gasteiger partial charge in [0.15, 0.2) is 0 Å². The van der Waals surface area contributed by atoms with Crippen LogP contribution >= 0.6 is 8.53 Å². The lowest BCUT2D eigenvalue weighted by Crippen LogP contribution is -2.42. The van der Waals surface area contributed by atoms with Crippen LogP contribution in [0.2, 0.25) is 0 Å². The summed E-state index contributed by atoms with van der Waals surface area (Å²) in [4.78, 5) is 39.0. The van der Waals surface area contributed by atoms with Gasteiger partial charge in [0.25, 0.3) is 8.53 Å². The van der Waals surface area contributed by atoms with E-state index in [9.17, 15) is 14.4 Å². The van der Waals surface area contributed by atoms with Crippen LogP contribution in [-0.2, 0) is 47.4 Å². The number of nitrogens with zero attached hydrogens (tertiary/aromatic N) is 2. The number of methoxy groups -OCH3 is 1. The van der Waals surface area contributed by atoms with E-state index >= 15 is 0 Å². The smallest absolute Gasteiger partial charge is 0.307 e. The maximum atomic E-state index is 11.5. The third kappa shape index (κ3) is 18.1. The molecule has 0 saturated carbocycles. The van der Waals surface area contributed by atoms with E-state index in [1.54, 1.807) is 0 Å². The van der Waals surface area contributed by atoms with E-state index in [1.165, 1.54) is 7.11 Å². The molecule has 0 heterocycles. The Kier molecular flexibility index (Phi) is 20.7. The van der Waals surface area contributed by atoms with Crippen molar-refractivity contribution in [3.63, 3.8) is 0 Å². The summed E-state index contributed by atoms with van der Waals surface area (Å²) in [7, 11) is -0.460. The monoisotopic (exact) mass is 582 g/mol. The van der Waals surface area contributed by atoms with Crippen LogP contribution in [0.25, 0.3) is 0 Å². The van der Waals surface area contributed by atoms with Crippen molar-refractivity contribution in [3.8, 4) is 6.07 Å². The van der Waals surface area contributed by atoms with Gasteiger partial charge < -0.3 is 33.7 Å². The Morgan fingerprint density at radius 3 is 1.74 bits per heavy atom. The Morgan fingerprint density at radius 2 is 1.33 bits per heavy atom. The number of nitriles is 1. The van der Waals surface area contributed by atoms with Crippen LogP contribution in [0, 0.1) is 16.7 Å². The van der Waals surface area contributed by atoms with Crippen molar-refractivity contribution >= 4 is 26.4 Å². The molecular formula is C24H43N2O12P.